The molecule has 0 bridgehead atoms. The van der Waals surface area contributed by atoms with E-state index in [1.807, 2.05) is 19.1 Å². The summed E-state index contributed by atoms with van der Waals surface area (Å²) in [6, 6.07) is 9.48. The number of nitrogens with zero attached hydrogens (tertiary/aromatic N) is 1. The van der Waals surface area contributed by atoms with Gasteiger partial charge in [0.1, 0.15) is 0 Å². The Labute approximate surface area is 84.6 Å². The lowest BCUT2D eigenvalue weighted by atomic mass is 10.2. The van der Waals surface area contributed by atoms with Crippen molar-refractivity contribution in [2.75, 3.05) is 11.9 Å². The minimum atomic E-state index is 0.684. The van der Waals surface area contributed by atoms with Gasteiger partial charge in [-0.25, -0.2) is 0 Å². The van der Waals surface area contributed by atoms with E-state index < -0.39 is 0 Å². The Morgan fingerprint density at radius 3 is 2.57 bits per heavy atom. The molecule has 0 saturated carbocycles. The average Bonchev–Trinajstić information content (AvgIpc) is 2.25. The van der Waals surface area contributed by atoms with E-state index in [-0.39, 0.29) is 0 Å². The van der Waals surface area contributed by atoms with Crippen LogP contribution in [0.2, 0.25) is 0 Å². The Hall–Kier alpha value is -1.93. The fraction of sp³-hybridized carbons (Fsp3) is 0.250. The Morgan fingerprint density at radius 2 is 2.00 bits per heavy atom. The molecule has 0 aromatic heterocycles. The first-order chi connectivity index (χ1) is 6.86. The summed E-state index contributed by atoms with van der Waals surface area (Å²) >= 11 is 0. The zero-order valence-corrected chi connectivity index (χ0v) is 8.17. The number of nitrogens with one attached hydrogen (secondary N) is 1. The Morgan fingerprint density at radius 1 is 1.29 bits per heavy atom. The van der Waals surface area contributed by atoms with Gasteiger partial charge in [0.25, 0.3) is 0 Å². The number of hydrogen-bond donors (Lipinski definition) is 1. The van der Waals surface area contributed by atoms with Gasteiger partial charge in [0, 0.05) is 18.7 Å². The second-order valence-electron chi connectivity index (χ2n) is 2.79. The molecular formula is C12H12N2. The van der Waals surface area contributed by atoms with Gasteiger partial charge in [0.2, 0.25) is 0 Å². The van der Waals surface area contributed by atoms with Gasteiger partial charge < -0.3 is 5.32 Å². The first kappa shape index (κ1) is 10.2. The molecule has 1 aromatic carbocycles. The molecule has 14 heavy (non-hydrogen) atoms. The fourth-order valence-electron chi connectivity index (χ4n) is 1.06. The summed E-state index contributed by atoms with van der Waals surface area (Å²) in [6.07, 6.45) is 0.844. The van der Waals surface area contributed by atoms with Crippen molar-refractivity contribution in [2.24, 2.45) is 0 Å². The number of rotatable bonds is 3. The third-order valence-electron chi connectivity index (χ3n) is 1.77. The quantitative estimate of drug-likeness (QED) is 0.578. The van der Waals surface area contributed by atoms with Gasteiger partial charge >= 0.3 is 0 Å². The molecular weight excluding hydrogens is 172 g/mol. The Balaban J connectivity index is 2.43. The molecule has 0 unspecified atom stereocenters. The van der Waals surface area contributed by atoms with E-state index in [0.717, 1.165) is 18.7 Å². The molecule has 2 nitrogen and oxygen atoms in total. The number of anilines is 1. The zero-order valence-electron chi connectivity index (χ0n) is 8.17. The average molecular weight is 184 g/mol. The number of benzene rings is 1. The van der Waals surface area contributed by atoms with Gasteiger partial charge in [-0.3, -0.25) is 0 Å². The first-order valence-corrected chi connectivity index (χ1v) is 4.50. The molecule has 70 valence electrons. The zero-order chi connectivity index (χ0) is 10.2. The van der Waals surface area contributed by atoms with Crippen molar-refractivity contribution in [2.45, 2.75) is 13.3 Å². The third-order valence-corrected chi connectivity index (χ3v) is 1.77. The maximum absolute atomic E-state index is 8.59. The fourth-order valence-corrected chi connectivity index (χ4v) is 1.06. The van der Waals surface area contributed by atoms with Crippen LogP contribution in [0.25, 0.3) is 0 Å². The standard InChI is InChI=1S/C12H12N2/c1-2-3-4-9-14-12-7-5-11(10-13)6-8-12/h5-8,14H,4,9H2,1H3. The minimum absolute atomic E-state index is 0.684. The van der Waals surface area contributed by atoms with E-state index in [1.54, 1.807) is 12.1 Å². The highest BCUT2D eigenvalue weighted by molar-refractivity contribution is 5.47. The molecule has 0 atom stereocenters. The van der Waals surface area contributed by atoms with Crippen LogP contribution < -0.4 is 5.32 Å². The summed E-state index contributed by atoms with van der Waals surface area (Å²) < 4.78 is 0. The lowest BCUT2D eigenvalue weighted by Gasteiger charge is -2.02. The molecule has 1 N–H and O–H groups in total. The number of nitriles is 1. The summed E-state index contributed by atoms with van der Waals surface area (Å²) in [6.45, 7) is 2.68. The predicted octanol–water partition coefficient (Wildman–Crippen LogP) is 2.38. The maximum Gasteiger partial charge on any atom is 0.0991 e. The molecule has 0 radical (unpaired) electrons. The highest BCUT2D eigenvalue weighted by atomic mass is 14.9. The van der Waals surface area contributed by atoms with Crippen LogP contribution in [0.1, 0.15) is 18.9 Å². The summed E-state index contributed by atoms with van der Waals surface area (Å²) in [4.78, 5) is 0. The summed E-state index contributed by atoms with van der Waals surface area (Å²) in [7, 11) is 0. The molecule has 1 rings (SSSR count). The van der Waals surface area contributed by atoms with Gasteiger partial charge in [0.15, 0.2) is 0 Å². The van der Waals surface area contributed by atoms with Crippen molar-refractivity contribution >= 4 is 5.69 Å². The normalized spacial score (nSPS) is 8.29. The smallest absolute Gasteiger partial charge is 0.0991 e. The van der Waals surface area contributed by atoms with Crippen molar-refractivity contribution in [3.63, 3.8) is 0 Å². The molecule has 0 fully saturated rings. The van der Waals surface area contributed by atoms with Crippen molar-refractivity contribution in [1.82, 2.24) is 0 Å². The van der Waals surface area contributed by atoms with Gasteiger partial charge in [-0.2, -0.15) is 5.26 Å². The predicted molar refractivity (Wildman–Crippen MR) is 57.7 cm³/mol. The molecule has 0 heterocycles. The van der Waals surface area contributed by atoms with Gasteiger partial charge in [0.05, 0.1) is 11.6 Å². The van der Waals surface area contributed by atoms with Crippen LogP contribution in [0, 0.1) is 23.2 Å². The van der Waals surface area contributed by atoms with E-state index >= 15 is 0 Å². The summed E-state index contributed by atoms with van der Waals surface area (Å²) in [5, 5.41) is 11.8. The van der Waals surface area contributed by atoms with E-state index in [9.17, 15) is 0 Å². The molecule has 2 heteroatoms. The SMILES string of the molecule is CC#CCCNc1ccc(C#N)cc1. The van der Waals surface area contributed by atoms with Crippen LogP contribution in [0.5, 0.6) is 0 Å². The summed E-state index contributed by atoms with van der Waals surface area (Å²) in [5.41, 5.74) is 1.71. The topological polar surface area (TPSA) is 35.8 Å². The van der Waals surface area contributed by atoms with Crippen LogP contribution in [0.4, 0.5) is 5.69 Å². The molecule has 0 saturated heterocycles. The highest BCUT2D eigenvalue weighted by Crippen LogP contribution is 2.08. The third kappa shape index (κ3) is 3.21. The molecule has 0 aliphatic carbocycles. The number of hydrogen-bond acceptors (Lipinski definition) is 2. The Bertz CT molecular complexity index is 374. The second-order valence-corrected chi connectivity index (χ2v) is 2.79. The monoisotopic (exact) mass is 184 g/mol. The van der Waals surface area contributed by atoms with Crippen molar-refractivity contribution < 1.29 is 0 Å². The van der Waals surface area contributed by atoms with Crippen LogP contribution in [-0.2, 0) is 0 Å². The van der Waals surface area contributed by atoms with Crippen molar-refractivity contribution in [1.29, 1.82) is 5.26 Å². The van der Waals surface area contributed by atoms with Crippen molar-refractivity contribution in [3.8, 4) is 17.9 Å². The lowest BCUT2D eigenvalue weighted by Crippen LogP contribution is -1.99. The Kier molecular flexibility index (Phi) is 4.11. The first-order valence-electron chi connectivity index (χ1n) is 4.50. The molecule has 0 aliphatic heterocycles. The molecule has 0 spiro atoms. The maximum atomic E-state index is 8.59. The van der Waals surface area contributed by atoms with Crippen molar-refractivity contribution in [3.05, 3.63) is 29.8 Å². The van der Waals surface area contributed by atoms with Crippen LogP contribution in [0.3, 0.4) is 0 Å². The van der Waals surface area contributed by atoms with Crippen LogP contribution in [0.15, 0.2) is 24.3 Å². The van der Waals surface area contributed by atoms with E-state index in [2.05, 4.69) is 23.2 Å². The van der Waals surface area contributed by atoms with Gasteiger partial charge in [-0.1, -0.05) is 0 Å². The molecule has 0 aliphatic rings. The highest BCUT2D eigenvalue weighted by Gasteiger charge is 1.91. The van der Waals surface area contributed by atoms with E-state index in [0.29, 0.717) is 5.56 Å². The van der Waals surface area contributed by atoms with Crippen LogP contribution >= 0.6 is 0 Å². The van der Waals surface area contributed by atoms with E-state index in [1.165, 1.54) is 0 Å². The van der Waals surface area contributed by atoms with Gasteiger partial charge in [-0.05, 0) is 31.2 Å². The second kappa shape index (κ2) is 5.67. The molecule has 0 amide bonds. The minimum Gasteiger partial charge on any atom is -0.384 e. The van der Waals surface area contributed by atoms with E-state index in [4.69, 9.17) is 5.26 Å². The summed E-state index contributed by atoms with van der Waals surface area (Å²) in [5.74, 6) is 5.82. The van der Waals surface area contributed by atoms with Gasteiger partial charge in [-0.15, -0.1) is 11.8 Å². The van der Waals surface area contributed by atoms with Crippen LogP contribution in [-0.4, -0.2) is 6.54 Å². The lowest BCUT2D eigenvalue weighted by molar-refractivity contribution is 1.10. The molecule has 1 aromatic rings. The largest absolute Gasteiger partial charge is 0.384 e.